The number of benzene rings is 2. The van der Waals surface area contributed by atoms with E-state index >= 15 is 0 Å². The molecule has 1 aliphatic heterocycles. The highest BCUT2D eigenvalue weighted by molar-refractivity contribution is 7.16. The Morgan fingerprint density at radius 2 is 1.92 bits per heavy atom. The number of hydrogen-bond donors (Lipinski definition) is 1. The Balaban J connectivity index is 1.56. The molecule has 2 aromatic heterocycles. The first-order valence-electron chi connectivity index (χ1n) is 11.9. The second-order valence-corrected chi connectivity index (χ2v) is 9.88. The number of halogens is 1. The van der Waals surface area contributed by atoms with Crippen LogP contribution >= 0.6 is 11.3 Å². The average molecular weight is 520 g/mol. The fraction of sp³-hybridized carbons (Fsp3) is 0.308. The summed E-state index contributed by atoms with van der Waals surface area (Å²) in [6.07, 6.45) is -0.889. The van der Waals surface area contributed by atoms with E-state index in [0.29, 0.717) is 54.0 Å². The summed E-state index contributed by atoms with van der Waals surface area (Å²) in [5, 5.41) is 25.5. The van der Waals surface area contributed by atoms with Crippen molar-refractivity contribution in [1.29, 1.82) is 5.26 Å². The number of thiazole rings is 1. The molecule has 2 aromatic carbocycles. The van der Waals surface area contributed by atoms with Gasteiger partial charge in [0.05, 0.1) is 5.52 Å². The van der Waals surface area contributed by atoms with Crippen molar-refractivity contribution in [2.24, 2.45) is 0 Å². The van der Waals surface area contributed by atoms with Gasteiger partial charge in [0.1, 0.15) is 28.3 Å². The number of nitrogens with zero attached hydrogens (tertiary/aromatic N) is 7. The van der Waals surface area contributed by atoms with Crippen molar-refractivity contribution in [3.63, 3.8) is 0 Å². The van der Waals surface area contributed by atoms with E-state index in [-0.39, 0.29) is 5.82 Å². The van der Waals surface area contributed by atoms with E-state index in [2.05, 4.69) is 23.1 Å². The van der Waals surface area contributed by atoms with Crippen LogP contribution in [0.3, 0.4) is 0 Å². The summed E-state index contributed by atoms with van der Waals surface area (Å²) < 4.78 is 15.4. The van der Waals surface area contributed by atoms with E-state index < -0.39 is 6.09 Å². The van der Waals surface area contributed by atoms with Gasteiger partial charge in [-0.25, -0.2) is 18.9 Å². The number of aromatic nitrogens is 3. The van der Waals surface area contributed by atoms with E-state index in [1.165, 1.54) is 28.4 Å². The first-order valence-corrected chi connectivity index (χ1v) is 12.8. The molecule has 3 heterocycles. The third-order valence-corrected chi connectivity index (χ3v) is 7.68. The lowest BCUT2D eigenvalue weighted by atomic mass is 10.1. The van der Waals surface area contributed by atoms with Gasteiger partial charge in [-0.1, -0.05) is 11.3 Å². The summed E-state index contributed by atoms with van der Waals surface area (Å²) in [4.78, 5) is 22.1. The normalized spacial score (nSPS) is 13.7. The summed E-state index contributed by atoms with van der Waals surface area (Å²) in [6, 6.07) is 12.4. The van der Waals surface area contributed by atoms with Crippen LogP contribution in [0.25, 0.3) is 22.2 Å². The maximum absolute atomic E-state index is 13.5. The maximum atomic E-state index is 13.5. The zero-order valence-electron chi connectivity index (χ0n) is 20.8. The van der Waals surface area contributed by atoms with Gasteiger partial charge in [-0.15, -0.1) is 0 Å². The van der Waals surface area contributed by atoms with E-state index in [1.54, 1.807) is 12.1 Å². The Kier molecular flexibility index (Phi) is 6.43. The molecule has 1 saturated heterocycles. The highest BCUT2D eigenvalue weighted by Gasteiger charge is 2.25. The minimum Gasteiger partial charge on any atom is -0.465 e. The van der Waals surface area contributed by atoms with Gasteiger partial charge in [0.2, 0.25) is 0 Å². The monoisotopic (exact) mass is 519 g/mol. The predicted octanol–water partition coefficient (Wildman–Crippen LogP) is 5.07. The number of anilines is 3. The molecule has 1 fully saturated rings. The van der Waals surface area contributed by atoms with Crippen LogP contribution in [-0.2, 0) is 6.54 Å². The summed E-state index contributed by atoms with van der Waals surface area (Å²) in [6.45, 7) is 6.83. The quantitative estimate of drug-likeness (QED) is 0.393. The number of carboxylic acid groups (broad SMARTS) is 1. The number of hydrogen-bond acceptors (Lipinski definition) is 7. The largest absolute Gasteiger partial charge is 0.465 e. The SMILES string of the molecule is CCn1nc2c(C)cc(N3CCN(C(=O)O)CC3)cc2c1N(C)c1nc(-c2ccc(F)cc2)c(C#N)s1. The standard InChI is InChI=1S/C26H26FN7O2S/c1-4-34-24(31(3)25-29-23(21(15-28)37-25)17-5-7-18(27)8-6-17)20-14-19(13-16(2)22(20)30-34)32-9-11-33(12-10-32)26(35)36/h5-8,13-14H,4,9-12H2,1-3H3,(H,35,36). The number of rotatable bonds is 5. The number of nitriles is 1. The van der Waals surface area contributed by atoms with Crippen LogP contribution in [0.4, 0.5) is 25.8 Å². The Labute approximate surface area is 217 Å². The van der Waals surface area contributed by atoms with Gasteiger partial charge in [-0.3, -0.25) is 0 Å². The molecule has 5 rings (SSSR count). The number of amides is 1. The third kappa shape index (κ3) is 4.44. The summed E-state index contributed by atoms with van der Waals surface area (Å²) in [5.41, 5.74) is 4.13. The Morgan fingerprint density at radius 3 is 2.54 bits per heavy atom. The molecule has 0 radical (unpaired) electrons. The number of aryl methyl sites for hydroxylation is 2. The number of fused-ring (bicyclic) bond motifs is 1. The second kappa shape index (κ2) is 9.71. The molecule has 1 amide bonds. The highest BCUT2D eigenvalue weighted by Crippen LogP contribution is 2.39. The lowest BCUT2D eigenvalue weighted by Gasteiger charge is -2.34. The zero-order valence-corrected chi connectivity index (χ0v) is 21.6. The summed E-state index contributed by atoms with van der Waals surface area (Å²) in [7, 11) is 1.91. The van der Waals surface area contributed by atoms with Crippen molar-refractivity contribution >= 4 is 45.0 Å². The van der Waals surface area contributed by atoms with Gasteiger partial charge in [0.15, 0.2) is 5.13 Å². The third-order valence-electron chi connectivity index (χ3n) is 6.65. The minimum atomic E-state index is -0.889. The van der Waals surface area contributed by atoms with Crippen LogP contribution in [0.2, 0.25) is 0 Å². The summed E-state index contributed by atoms with van der Waals surface area (Å²) in [5.74, 6) is 0.513. The number of carbonyl (C=O) groups is 1. The lowest BCUT2D eigenvalue weighted by molar-refractivity contribution is 0.142. The molecule has 0 atom stereocenters. The molecule has 0 unspecified atom stereocenters. The Morgan fingerprint density at radius 1 is 1.22 bits per heavy atom. The van der Waals surface area contributed by atoms with Gasteiger partial charge >= 0.3 is 6.09 Å². The van der Waals surface area contributed by atoms with E-state index in [9.17, 15) is 19.6 Å². The molecular weight excluding hydrogens is 493 g/mol. The fourth-order valence-electron chi connectivity index (χ4n) is 4.71. The van der Waals surface area contributed by atoms with Gasteiger partial charge in [0.25, 0.3) is 0 Å². The van der Waals surface area contributed by atoms with Crippen molar-refractivity contribution in [2.75, 3.05) is 43.0 Å². The molecule has 0 saturated carbocycles. The Hall–Kier alpha value is -4.17. The van der Waals surface area contributed by atoms with Crippen LogP contribution in [0.15, 0.2) is 36.4 Å². The van der Waals surface area contributed by atoms with Crippen LogP contribution in [-0.4, -0.2) is 64.1 Å². The van der Waals surface area contributed by atoms with Crippen molar-refractivity contribution in [2.45, 2.75) is 20.4 Å². The first kappa shape index (κ1) is 24.5. The lowest BCUT2D eigenvalue weighted by Crippen LogP contribution is -2.48. The predicted molar refractivity (Wildman–Crippen MR) is 142 cm³/mol. The van der Waals surface area contributed by atoms with Crippen molar-refractivity contribution in [3.05, 3.63) is 52.7 Å². The van der Waals surface area contributed by atoms with Gasteiger partial charge in [0, 0.05) is 56.4 Å². The minimum absolute atomic E-state index is 0.344. The molecule has 11 heteroatoms. The van der Waals surface area contributed by atoms with Crippen molar-refractivity contribution in [1.82, 2.24) is 19.7 Å². The Bertz CT molecular complexity index is 1510. The van der Waals surface area contributed by atoms with E-state index in [0.717, 1.165) is 28.0 Å². The molecule has 4 aromatic rings. The van der Waals surface area contributed by atoms with Gasteiger partial charge in [-0.2, -0.15) is 10.4 Å². The average Bonchev–Trinajstić information content (AvgIpc) is 3.51. The van der Waals surface area contributed by atoms with Crippen LogP contribution in [0.5, 0.6) is 0 Å². The van der Waals surface area contributed by atoms with E-state index in [1.807, 2.05) is 30.5 Å². The zero-order chi connectivity index (χ0) is 26.3. The highest BCUT2D eigenvalue weighted by atomic mass is 32.1. The maximum Gasteiger partial charge on any atom is 0.407 e. The molecule has 0 spiro atoms. The molecular formula is C26H26FN7O2S. The molecule has 0 aliphatic carbocycles. The number of piperazine rings is 1. The molecule has 9 nitrogen and oxygen atoms in total. The first-order chi connectivity index (χ1) is 17.8. The second-order valence-electron chi connectivity index (χ2n) is 8.91. The molecule has 0 bridgehead atoms. The van der Waals surface area contributed by atoms with Gasteiger partial charge < -0.3 is 19.8 Å². The van der Waals surface area contributed by atoms with Gasteiger partial charge in [-0.05, 0) is 55.8 Å². The topological polar surface area (TPSA) is 102 Å². The summed E-state index contributed by atoms with van der Waals surface area (Å²) >= 11 is 1.28. The smallest absolute Gasteiger partial charge is 0.407 e. The van der Waals surface area contributed by atoms with Crippen LogP contribution in [0.1, 0.15) is 17.4 Å². The molecule has 37 heavy (non-hydrogen) atoms. The van der Waals surface area contributed by atoms with E-state index in [4.69, 9.17) is 10.1 Å². The van der Waals surface area contributed by atoms with Crippen molar-refractivity contribution in [3.8, 4) is 17.3 Å². The molecule has 190 valence electrons. The van der Waals surface area contributed by atoms with Crippen LogP contribution in [0, 0.1) is 24.1 Å². The van der Waals surface area contributed by atoms with Crippen molar-refractivity contribution < 1.29 is 14.3 Å². The molecule has 1 aliphatic rings. The fourth-order valence-corrected chi connectivity index (χ4v) is 5.55. The molecule has 1 N–H and O–H groups in total. The van der Waals surface area contributed by atoms with Crippen LogP contribution < -0.4 is 9.80 Å².